The predicted molar refractivity (Wildman–Crippen MR) is 115 cm³/mol. The summed E-state index contributed by atoms with van der Waals surface area (Å²) in [5, 5.41) is 4.42. The van der Waals surface area contributed by atoms with Crippen molar-refractivity contribution in [2.75, 3.05) is 26.2 Å². The molecule has 0 N–H and O–H groups in total. The monoisotopic (exact) mass is 408 g/mol. The number of nitrogens with zero attached hydrogens (tertiary/aromatic N) is 4. The van der Waals surface area contributed by atoms with Gasteiger partial charge in [0.05, 0.1) is 17.3 Å². The van der Waals surface area contributed by atoms with Crippen LogP contribution in [0.4, 0.5) is 0 Å². The second kappa shape index (κ2) is 8.40. The first-order valence-electron chi connectivity index (χ1n) is 11.8. The topological polar surface area (TPSA) is 57.9 Å². The van der Waals surface area contributed by atoms with Crippen LogP contribution in [-0.2, 0) is 4.79 Å². The van der Waals surface area contributed by atoms with Gasteiger partial charge in [0, 0.05) is 38.3 Å². The lowest BCUT2D eigenvalue weighted by Gasteiger charge is -2.34. The minimum absolute atomic E-state index is 0.110. The molecule has 4 heterocycles. The van der Waals surface area contributed by atoms with Crippen LogP contribution in [-0.4, -0.2) is 57.4 Å². The molecule has 2 saturated heterocycles. The molecule has 6 nitrogen and oxygen atoms in total. The zero-order chi connectivity index (χ0) is 20.5. The van der Waals surface area contributed by atoms with E-state index in [-0.39, 0.29) is 11.8 Å². The van der Waals surface area contributed by atoms with Crippen LogP contribution in [0.5, 0.6) is 0 Å². The fourth-order valence-electron chi connectivity index (χ4n) is 5.55. The Kier molecular flexibility index (Phi) is 5.48. The van der Waals surface area contributed by atoms with E-state index in [2.05, 4.69) is 22.1 Å². The molecule has 2 amide bonds. The molecule has 3 fully saturated rings. The van der Waals surface area contributed by atoms with Gasteiger partial charge in [-0.2, -0.15) is 5.10 Å². The van der Waals surface area contributed by atoms with Crippen LogP contribution in [0.15, 0.2) is 24.5 Å². The molecule has 2 aromatic heterocycles. The summed E-state index contributed by atoms with van der Waals surface area (Å²) in [5.41, 5.74) is 2.89. The molecule has 0 spiro atoms. The summed E-state index contributed by atoms with van der Waals surface area (Å²) in [7, 11) is 0. The fourth-order valence-corrected chi connectivity index (χ4v) is 5.55. The van der Waals surface area contributed by atoms with E-state index in [0.29, 0.717) is 17.4 Å². The second-order valence-electron chi connectivity index (χ2n) is 9.28. The van der Waals surface area contributed by atoms with Crippen molar-refractivity contribution >= 4 is 17.3 Å². The maximum Gasteiger partial charge on any atom is 0.257 e. The Morgan fingerprint density at radius 2 is 1.60 bits per heavy atom. The Bertz CT molecular complexity index is 916. The molecular formula is C24H32N4O2. The van der Waals surface area contributed by atoms with Gasteiger partial charge in [-0.05, 0) is 68.6 Å². The Labute approximate surface area is 178 Å². The lowest BCUT2D eigenvalue weighted by Crippen LogP contribution is -2.40. The first-order chi connectivity index (χ1) is 14.7. The van der Waals surface area contributed by atoms with Gasteiger partial charge >= 0.3 is 0 Å². The molecule has 2 aromatic rings. The maximum absolute atomic E-state index is 13.0. The van der Waals surface area contributed by atoms with E-state index in [4.69, 9.17) is 0 Å². The van der Waals surface area contributed by atoms with Gasteiger partial charge in [0.15, 0.2) is 0 Å². The van der Waals surface area contributed by atoms with E-state index in [0.717, 1.165) is 70.2 Å². The number of carbonyl (C=O) groups excluding carboxylic acids is 2. The van der Waals surface area contributed by atoms with Crippen LogP contribution in [0.2, 0.25) is 0 Å². The van der Waals surface area contributed by atoms with Crippen molar-refractivity contribution in [2.45, 2.75) is 63.7 Å². The molecular weight excluding hydrogens is 376 g/mol. The molecule has 30 heavy (non-hydrogen) atoms. The van der Waals surface area contributed by atoms with E-state index in [9.17, 15) is 9.59 Å². The number of likely N-dealkylation sites (tertiary alicyclic amines) is 2. The van der Waals surface area contributed by atoms with Crippen LogP contribution >= 0.6 is 0 Å². The van der Waals surface area contributed by atoms with Crippen molar-refractivity contribution in [2.24, 2.45) is 5.92 Å². The minimum atomic E-state index is 0.110. The van der Waals surface area contributed by atoms with Crippen LogP contribution < -0.4 is 0 Å². The van der Waals surface area contributed by atoms with Crippen molar-refractivity contribution in [3.05, 3.63) is 35.7 Å². The number of rotatable bonds is 3. The number of piperidine rings is 2. The average Bonchev–Trinajstić information content (AvgIpc) is 3.49. The molecule has 0 radical (unpaired) electrons. The van der Waals surface area contributed by atoms with Crippen LogP contribution in [0.25, 0.3) is 5.52 Å². The third-order valence-electron chi connectivity index (χ3n) is 7.40. The van der Waals surface area contributed by atoms with Crippen molar-refractivity contribution < 1.29 is 9.59 Å². The van der Waals surface area contributed by atoms with E-state index in [1.54, 1.807) is 6.20 Å². The molecule has 0 aromatic carbocycles. The SMILES string of the molecule is O=C(c1cnn2ccc(C3CCN(C(=O)C4CCCC4)CC3)cc12)N1CCCCC1. The lowest BCUT2D eigenvalue weighted by atomic mass is 9.89. The van der Waals surface area contributed by atoms with Crippen LogP contribution in [0, 0.1) is 5.92 Å². The van der Waals surface area contributed by atoms with Gasteiger partial charge in [-0.25, -0.2) is 4.52 Å². The highest BCUT2D eigenvalue weighted by Gasteiger charge is 2.30. The van der Waals surface area contributed by atoms with E-state index < -0.39 is 0 Å². The first-order valence-corrected chi connectivity index (χ1v) is 11.8. The summed E-state index contributed by atoms with van der Waals surface area (Å²) in [6.07, 6.45) is 13.7. The summed E-state index contributed by atoms with van der Waals surface area (Å²) in [4.78, 5) is 29.8. The van der Waals surface area contributed by atoms with Gasteiger partial charge in [-0.15, -0.1) is 0 Å². The van der Waals surface area contributed by atoms with Crippen LogP contribution in [0.3, 0.4) is 0 Å². The van der Waals surface area contributed by atoms with E-state index >= 15 is 0 Å². The molecule has 1 saturated carbocycles. The quantitative estimate of drug-likeness (QED) is 0.775. The highest BCUT2D eigenvalue weighted by atomic mass is 16.2. The Hall–Kier alpha value is -2.37. The summed E-state index contributed by atoms with van der Waals surface area (Å²) < 4.78 is 1.82. The van der Waals surface area contributed by atoms with E-state index in [1.807, 2.05) is 15.6 Å². The Morgan fingerprint density at radius 3 is 2.33 bits per heavy atom. The molecule has 0 atom stereocenters. The van der Waals surface area contributed by atoms with Gasteiger partial charge in [-0.3, -0.25) is 9.59 Å². The molecule has 0 unspecified atom stereocenters. The normalized spacial score (nSPS) is 21.5. The summed E-state index contributed by atoms with van der Waals surface area (Å²) in [6, 6.07) is 4.29. The molecule has 5 rings (SSSR count). The number of hydrogen-bond acceptors (Lipinski definition) is 3. The Morgan fingerprint density at radius 1 is 0.867 bits per heavy atom. The third kappa shape index (κ3) is 3.72. The Balaban J connectivity index is 1.29. The van der Waals surface area contributed by atoms with Crippen molar-refractivity contribution in [1.29, 1.82) is 0 Å². The fraction of sp³-hybridized carbons (Fsp3) is 0.625. The highest BCUT2D eigenvalue weighted by molar-refractivity contribution is 6.00. The van der Waals surface area contributed by atoms with Gasteiger partial charge in [-0.1, -0.05) is 12.8 Å². The standard InChI is InChI=1S/C24H32N4O2/c29-23(19-6-2-3-7-19)27-13-8-18(9-14-27)20-10-15-28-22(16-20)21(17-25-28)24(30)26-11-4-1-5-12-26/h10,15-19H,1-9,11-14H2. The van der Waals surface area contributed by atoms with E-state index in [1.165, 1.54) is 24.8 Å². The van der Waals surface area contributed by atoms with Crippen molar-refractivity contribution in [3.8, 4) is 0 Å². The molecule has 160 valence electrons. The van der Waals surface area contributed by atoms with Crippen molar-refractivity contribution in [3.63, 3.8) is 0 Å². The lowest BCUT2D eigenvalue weighted by molar-refractivity contribution is -0.136. The second-order valence-corrected chi connectivity index (χ2v) is 9.28. The molecule has 3 aliphatic rings. The number of pyridine rings is 1. The minimum Gasteiger partial charge on any atom is -0.342 e. The molecule has 0 bridgehead atoms. The van der Waals surface area contributed by atoms with Gasteiger partial charge < -0.3 is 9.80 Å². The zero-order valence-corrected chi connectivity index (χ0v) is 17.8. The van der Waals surface area contributed by atoms with Crippen molar-refractivity contribution in [1.82, 2.24) is 19.4 Å². The van der Waals surface area contributed by atoms with Gasteiger partial charge in [0.25, 0.3) is 5.91 Å². The smallest absolute Gasteiger partial charge is 0.257 e. The first kappa shape index (κ1) is 19.6. The number of fused-ring (bicyclic) bond motifs is 1. The zero-order valence-electron chi connectivity index (χ0n) is 17.8. The number of hydrogen-bond donors (Lipinski definition) is 0. The summed E-state index contributed by atoms with van der Waals surface area (Å²) in [5.74, 6) is 1.20. The highest BCUT2D eigenvalue weighted by Crippen LogP contribution is 2.32. The predicted octanol–water partition coefficient (Wildman–Crippen LogP) is 3.86. The summed E-state index contributed by atoms with van der Waals surface area (Å²) >= 11 is 0. The maximum atomic E-state index is 13.0. The third-order valence-corrected chi connectivity index (χ3v) is 7.40. The number of carbonyl (C=O) groups is 2. The van der Waals surface area contributed by atoms with Gasteiger partial charge in [0.2, 0.25) is 5.91 Å². The molecule has 6 heteroatoms. The van der Waals surface area contributed by atoms with Crippen LogP contribution in [0.1, 0.15) is 79.6 Å². The largest absolute Gasteiger partial charge is 0.342 e. The average molecular weight is 409 g/mol. The molecule has 2 aliphatic heterocycles. The van der Waals surface area contributed by atoms with Gasteiger partial charge in [0.1, 0.15) is 0 Å². The summed E-state index contributed by atoms with van der Waals surface area (Å²) in [6.45, 7) is 3.40. The molecule has 1 aliphatic carbocycles. The number of amides is 2. The number of aromatic nitrogens is 2.